The molecule has 0 saturated carbocycles. The maximum atomic E-state index is 13.2. The predicted octanol–water partition coefficient (Wildman–Crippen LogP) is 1.88. The zero-order chi connectivity index (χ0) is 25.3. The number of hydrogen-bond acceptors (Lipinski definition) is 6. The van der Waals surface area contributed by atoms with Crippen LogP contribution in [0.4, 0.5) is 4.39 Å². The van der Waals surface area contributed by atoms with Crippen molar-refractivity contribution in [2.45, 2.75) is 32.2 Å². The van der Waals surface area contributed by atoms with E-state index in [4.69, 9.17) is 11.6 Å². The van der Waals surface area contributed by atoms with Crippen molar-refractivity contribution >= 4 is 33.4 Å². The molecule has 0 unspecified atom stereocenters. The minimum Gasteiger partial charge on any atom is -0.346 e. The van der Waals surface area contributed by atoms with Crippen LogP contribution in [0.25, 0.3) is 11.5 Å². The van der Waals surface area contributed by atoms with Gasteiger partial charge in [-0.3, -0.25) is 9.59 Å². The van der Waals surface area contributed by atoms with Crippen molar-refractivity contribution in [1.82, 2.24) is 29.5 Å². The second kappa shape index (κ2) is 10.0. The van der Waals surface area contributed by atoms with Crippen LogP contribution in [0.5, 0.6) is 0 Å². The molecule has 0 radical (unpaired) electrons. The maximum Gasteiger partial charge on any atom is 0.245 e. The van der Waals surface area contributed by atoms with Crippen molar-refractivity contribution in [3.8, 4) is 11.5 Å². The summed E-state index contributed by atoms with van der Waals surface area (Å²) in [5, 5.41) is 3.87. The Bertz CT molecular complexity index is 1240. The number of likely N-dealkylation sites (tertiary alicyclic amines) is 1. The summed E-state index contributed by atoms with van der Waals surface area (Å²) in [6.07, 6.45) is 2.61. The predicted molar refractivity (Wildman–Crippen MR) is 127 cm³/mol. The summed E-state index contributed by atoms with van der Waals surface area (Å²) >= 11 is 6.37. The Morgan fingerprint density at radius 3 is 2.66 bits per heavy atom. The number of piperidine rings is 1. The molecule has 0 spiro atoms. The monoisotopic (exact) mass is 524 g/mol. The molecule has 0 aliphatic carbocycles. The lowest BCUT2D eigenvalue weighted by molar-refractivity contribution is -0.135. The van der Waals surface area contributed by atoms with Gasteiger partial charge < -0.3 is 15.2 Å². The molecule has 2 aromatic heterocycles. The molecule has 188 valence electrons. The van der Waals surface area contributed by atoms with Crippen LogP contribution in [0.3, 0.4) is 0 Å². The van der Waals surface area contributed by atoms with Gasteiger partial charge in [-0.25, -0.2) is 22.8 Å². The highest BCUT2D eigenvalue weighted by Crippen LogP contribution is 2.37. The van der Waals surface area contributed by atoms with E-state index in [9.17, 15) is 22.4 Å². The Morgan fingerprint density at radius 1 is 1.29 bits per heavy atom. The second-order valence-electron chi connectivity index (χ2n) is 8.86. The molecule has 2 saturated heterocycles. The first kappa shape index (κ1) is 25.3. The lowest BCUT2D eigenvalue weighted by atomic mass is 9.86. The van der Waals surface area contributed by atoms with Gasteiger partial charge in [-0.15, -0.1) is 0 Å². The van der Waals surface area contributed by atoms with E-state index in [0.717, 1.165) is 17.7 Å². The van der Waals surface area contributed by atoms with Crippen LogP contribution in [0.15, 0.2) is 29.8 Å². The zero-order valence-corrected chi connectivity index (χ0v) is 20.8. The normalized spacial score (nSPS) is 21.8. The van der Waals surface area contributed by atoms with E-state index < -0.39 is 21.7 Å². The Balaban J connectivity index is 1.36. The van der Waals surface area contributed by atoms with E-state index in [1.165, 1.54) is 23.4 Å². The fourth-order valence-electron chi connectivity index (χ4n) is 4.33. The third kappa shape index (κ3) is 5.71. The summed E-state index contributed by atoms with van der Waals surface area (Å²) in [7, 11) is -3.79. The molecule has 2 fully saturated rings. The van der Waals surface area contributed by atoms with E-state index in [1.54, 1.807) is 4.90 Å². The second-order valence-corrected chi connectivity index (χ2v) is 11.0. The molecular formula is C22H26ClFN6O4S. The van der Waals surface area contributed by atoms with Gasteiger partial charge in [0.2, 0.25) is 21.8 Å². The smallest absolute Gasteiger partial charge is 0.245 e. The van der Waals surface area contributed by atoms with E-state index in [2.05, 4.69) is 20.3 Å². The summed E-state index contributed by atoms with van der Waals surface area (Å²) in [5.41, 5.74) is 1.14. The van der Waals surface area contributed by atoms with Gasteiger partial charge in [0.15, 0.2) is 11.0 Å². The largest absolute Gasteiger partial charge is 0.346 e. The van der Waals surface area contributed by atoms with Gasteiger partial charge in [0.1, 0.15) is 11.5 Å². The number of aromatic amines is 1. The Kier molecular flexibility index (Phi) is 7.25. The molecule has 4 rings (SSSR count). The minimum atomic E-state index is -3.79. The van der Waals surface area contributed by atoms with Crippen molar-refractivity contribution < 1.29 is 22.4 Å². The van der Waals surface area contributed by atoms with Gasteiger partial charge in [-0.1, -0.05) is 18.5 Å². The number of aromatic nitrogens is 3. The summed E-state index contributed by atoms with van der Waals surface area (Å²) in [6, 6.07) is 2.61. The number of sulfonamides is 1. The maximum absolute atomic E-state index is 13.2. The van der Waals surface area contributed by atoms with Crippen molar-refractivity contribution in [2.75, 3.05) is 26.2 Å². The number of carbonyl (C=O) groups excluding carboxylic acids is 2. The van der Waals surface area contributed by atoms with Gasteiger partial charge in [0.05, 0.1) is 23.3 Å². The number of amides is 2. The van der Waals surface area contributed by atoms with Gasteiger partial charge in [0.25, 0.3) is 0 Å². The van der Waals surface area contributed by atoms with E-state index >= 15 is 0 Å². The molecule has 13 heteroatoms. The molecule has 2 aromatic rings. The van der Waals surface area contributed by atoms with Crippen LogP contribution >= 0.6 is 11.6 Å². The molecular weight excluding hydrogens is 499 g/mol. The Morgan fingerprint density at radius 2 is 2.03 bits per heavy atom. The van der Waals surface area contributed by atoms with Crippen LogP contribution in [0.2, 0.25) is 5.15 Å². The topological polar surface area (TPSA) is 128 Å². The number of H-pyrrole nitrogens is 1. The SMILES string of the molecule is CC(=O)N1CC(NC(=O)C=CS(=O)(=O)N2CC[C@@H](c3[nH]c(-c4ccc(F)cn4)nc3Cl)[C@@H](C)C2)C1. The highest BCUT2D eigenvalue weighted by atomic mass is 35.5. The van der Waals surface area contributed by atoms with E-state index in [-0.39, 0.29) is 42.0 Å². The van der Waals surface area contributed by atoms with Crippen molar-refractivity contribution in [3.63, 3.8) is 0 Å². The molecule has 4 heterocycles. The van der Waals surface area contributed by atoms with Gasteiger partial charge in [-0.05, 0) is 24.5 Å². The average molecular weight is 525 g/mol. The fourth-order valence-corrected chi connectivity index (χ4v) is 5.87. The van der Waals surface area contributed by atoms with Gasteiger partial charge in [0, 0.05) is 45.1 Å². The van der Waals surface area contributed by atoms with E-state index in [0.29, 0.717) is 36.7 Å². The molecule has 0 aromatic carbocycles. The van der Waals surface area contributed by atoms with Crippen molar-refractivity contribution in [3.05, 3.63) is 46.5 Å². The number of imidazole rings is 1. The molecule has 2 atom stereocenters. The minimum absolute atomic E-state index is 0.0640. The first-order chi connectivity index (χ1) is 16.5. The van der Waals surface area contributed by atoms with Gasteiger partial charge >= 0.3 is 0 Å². The van der Waals surface area contributed by atoms with Crippen LogP contribution in [-0.4, -0.2) is 76.6 Å². The molecule has 2 aliphatic rings. The lowest BCUT2D eigenvalue weighted by Crippen LogP contribution is -2.60. The lowest BCUT2D eigenvalue weighted by Gasteiger charge is -2.38. The number of rotatable bonds is 6. The fraction of sp³-hybridized carbons (Fsp3) is 0.455. The van der Waals surface area contributed by atoms with Crippen molar-refractivity contribution in [1.29, 1.82) is 0 Å². The Hall–Kier alpha value is -2.83. The third-order valence-electron chi connectivity index (χ3n) is 6.32. The van der Waals surface area contributed by atoms with E-state index in [1.807, 2.05) is 6.92 Å². The molecule has 35 heavy (non-hydrogen) atoms. The number of halogens is 2. The first-order valence-corrected chi connectivity index (χ1v) is 13.0. The number of nitrogens with zero attached hydrogens (tertiary/aromatic N) is 4. The molecule has 0 bridgehead atoms. The molecule has 10 nitrogen and oxygen atoms in total. The highest BCUT2D eigenvalue weighted by molar-refractivity contribution is 7.92. The summed E-state index contributed by atoms with van der Waals surface area (Å²) in [5.74, 6) is -0.769. The molecule has 2 amide bonds. The number of hydrogen-bond donors (Lipinski definition) is 2. The van der Waals surface area contributed by atoms with Gasteiger partial charge in [-0.2, -0.15) is 4.31 Å². The van der Waals surface area contributed by atoms with Crippen LogP contribution in [-0.2, 0) is 19.6 Å². The van der Waals surface area contributed by atoms with Crippen LogP contribution in [0, 0.1) is 11.7 Å². The number of nitrogens with one attached hydrogen (secondary N) is 2. The molecule has 2 N–H and O–H groups in total. The summed E-state index contributed by atoms with van der Waals surface area (Å²) < 4.78 is 40.1. The Labute approximate surface area is 207 Å². The first-order valence-electron chi connectivity index (χ1n) is 11.1. The van der Waals surface area contributed by atoms with Crippen LogP contribution < -0.4 is 5.32 Å². The number of pyridine rings is 1. The quantitative estimate of drug-likeness (QED) is 0.555. The zero-order valence-electron chi connectivity index (χ0n) is 19.2. The summed E-state index contributed by atoms with van der Waals surface area (Å²) in [6.45, 7) is 4.71. The third-order valence-corrected chi connectivity index (χ3v) is 8.14. The van der Waals surface area contributed by atoms with Crippen LogP contribution in [0.1, 0.15) is 31.9 Å². The number of carbonyl (C=O) groups is 2. The standard InChI is InChI=1S/C22H26ClFN6O4S/c1-13-10-30(35(33,34)8-6-19(32)26-16-11-29(12-16)14(2)31)7-5-17(13)20-21(23)28-22(27-20)18-4-3-15(24)9-25-18/h3-4,6,8-9,13,16-17H,5,7,10-12H2,1-2H3,(H,26,32)(H,27,28)/t13-,17+/m0/s1. The highest BCUT2D eigenvalue weighted by Gasteiger charge is 2.35. The average Bonchev–Trinajstić information content (AvgIpc) is 3.16. The molecule has 2 aliphatic heterocycles. The summed E-state index contributed by atoms with van der Waals surface area (Å²) in [4.78, 5) is 36.4. The van der Waals surface area contributed by atoms with Crippen molar-refractivity contribution in [2.24, 2.45) is 5.92 Å².